The summed E-state index contributed by atoms with van der Waals surface area (Å²) in [5.74, 6) is 0. The highest BCUT2D eigenvalue weighted by atomic mass is 16.6. The minimum atomic E-state index is -0.535. The van der Waals surface area contributed by atoms with Crippen molar-refractivity contribution in [1.82, 2.24) is 9.38 Å². The smallest absolute Gasteiger partial charge is 0.414 e. The van der Waals surface area contributed by atoms with Crippen molar-refractivity contribution < 1.29 is 9.53 Å². The fourth-order valence-electron chi connectivity index (χ4n) is 3.53. The van der Waals surface area contributed by atoms with E-state index in [1.54, 1.807) is 7.05 Å². The van der Waals surface area contributed by atoms with E-state index in [0.717, 1.165) is 29.9 Å². The van der Waals surface area contributed by atoms with Gasteiger partial charge in [0, 0.05) is 18.8 Å². The van der Waals surface area contributed by atoms with Crippen molar-refractivity contribution >= 4 is 23.0 Å². The monoisotopic (exact) mass is 375 g/mol. The third kappa shape index (κ3) is 3.40. The van der Waals surface area contributed by atoms with Crippen LogP contribution in [0.15, 0.2) is 54.9 Å². The number of aromatic nitrogens is 2. The molecule has 0 fully saturated rings. The van der Waals surface area contributed by atoms with Gasteiger partial charge in [-0.15, -0.1) is 0 Å². The van der Waals surface area contributed by atoms with Gasteiger partial charge in [-0.25, -0.2) is 9.78 Å². The van der Waals surface area contributed by atoms with Crippen LogP contribution >= 0.6 is 0 Å². The van der Waals surface area contributed by atoms with E-state index < -0.39 is 5.60 Å². The molecule has 2 aromatic heterocycles. The lowest BCUT2D eigenvalue weighted by atomic mass is 9.89. The fourth-order valence-corrected chi connectivity index (χ4v) is 3.53. The van der Waals surface area contributed by atoms with Crippen LogP contribution in [-0.2, 0) is 11.2 Å². The van der Waals surface area contributed by atoms with Gasteiger partial charge < -0.3 is 4.74 Å². The molecule has 1 aromatic carbocycles. The summed E-state index contributed by atoms with van der Waals surface area (Å²) in [6.07, 6.45) is 7.81. The van der Waals surface area contributed by atoms with Crippen LogP contribution in [0.2, 0.25) is 0 Å². The lowest BCUT2D eigenvalue weighted by Crippen LogP contribution is -2.34. The molecule has 5 nitrogen and oxygen atoms in total. The van der Waals surface area contributed by atoms with Crippen molar-refractivity contribution in [2.45, 2.75) is 39.2 Å². The van der Waals surface area contributed by atoms with Crippen LogP contribution in [0.25, 0.3) is 11.2 Å². The minimum absolute atomic E-state index is 0.379. The molecular formula is C23H25N3O2. The molecule has 0 aliphatic heterocycles. The summed E-state index contributed by atoms with van der Waals surface area (Å²) in [4.78, 5) is 18.5. The number of anilines is 1. The topological polar surface area (TPSA) is 46.8 Å². The van der Waals surface area contributed by atoms with Gasteiger partial charge in [-0.2, -0.15) is 0 Å². The van der Waals surface area contributed by atoms with Crippen LogP contribution in [0.1, 0.15) is 44.0 Å². The molecule has 0 unspecified atom stereocenters. The van der Waals surface area contributed by atoms with E-state index in [1.165, 1.54) is 21.6 Å². The van der Waals surface area contributed by atoms with Gasteiger partial charge in [-0.05, 0) is 56.9 Å². The zero-order valence-corrected chi connectivity index (χ0v) is 16.8. The van der Waals surface area contributed by atoms with Gasteiger partial charge in [0.05, 0.1) is 17.6 Å². The van der Waals surface area contributed by atoms with Gasteiger partial charge in [0.2, 0.25) is 0 Å². The number of benzene rings is 1. The maximum absolute atomic E-state index is 12.5. The Bertz CT molecular complexity index is 1070. The van der Waals surface area contributed by atoms with Gasteiger partial charge in [0.15, 0.2) is 0 Å². The molecule has 0 spiro atoms. The van der Waals surface area contributed by atoms with Crippen LogP contribution in [0.3, 0.4) is 0 Å². The van der Waals surface area contributed by atoms with E-state index in [1.807, 2.05) is 49.7 Å². The van der Waals surface area contributed by atoms with E-state index in [4.69, 9.17) is 4.74 Å². The van der Waals surface area contributed by atoms with E-state index in [0.29, 0.717) is 0 Å². The van der Waals surface area contributed by atoms with Crippen molar-refractivity contribution in [2.75, 3.05) is 11.9 Å². The molecule has 0 radical (unpaired) electrons. The van der Waals surface area contributed by atoms with Gasteiger partial charge in [-0.3, -0.25) is 9.30 Å². The van der Waals surface area contributed by atoms with E-state index in [-0.39, 0.29) is 6.09 Å². The number of carbonyl (C=O) groups is 1. The van der Waals surface area contributed by atoms with Gasteiger partial charge in [0.1, 0.15) is 11.2 Å². The Labute approximate surface area is 165 Å². The van der Waals surface area contributed by atoms with Crippen molar-refractivity contribution in [1.29, 1.82) is 0 Å². The Hall–Kier alpha value is -3.08. The molecule has 0 atom stereocenters. The molecule has 1 amide bonds. The number of hydrogen-bond donors (Lipinski definition) is 0. The molecule has 0 saturated carbocycles. The highest BCUT2D eigenvalue weighted by Crippen LogP contribution is 2.32. The first kappa shape index (κ1) is 18.3. The molecular weight excluding hydrogens is 350 g/mol. The quantitative estimate of drug-likeness (QED) is 0.627. The standard InChI is InChI=1S/C23H25N3O2/c1-23(2,3)28-22(27)25(4)17-12-13-21-24-14-20(26(21)15-17)19-11-7-9-16-8-5-6-10-18(16)19/h5-6,8,10-15H,7,9H2,1-4H3. The number of fused-ring (bicyclic) bond motifs is 2. The maximum atomic E-state index is 12.5. The summed E-state index contributed by atoms with van der Waals surface area (Å²) >= 11 is 0. The largest absolute Gasteiger partial charge is 0.443 e. The van der Waals surface area contributed by atoms with E-state index in [2.05, 4.69) is 35.3 Å². The van der Waals surface area contributed by atoms with E-state index >= 15 is 0 Å². The zero-order valence-electron chi connectivity index (χ0n) is 16.8. The van der Waals surface area contributed by atoms with Crippen molar-refractivity contribution in [2.24, 2.45) is 0 Å². The predicted molar refractivity (Wildman–Crippen MR) is 112 cm³/mol. The Morgan fingerprint density at radius 2 is 1.96 bits per heavy atom. The molecule has 4 rings (SSSR count). The Balaban J connectivity index is 1.74. The predicted octanol–water partition coefficient (Wildman–Crippen LogP) is 5.08. The summed E-state index contributed by atoms with van der Waals surface area (Å²) in [6.45, 7) is 5.59. The zero-order chi connectivity index (χ0) is 19.9. The molecule has 144 valence electrons. The average Bonchev–Trinajstić information content (AvgIpc) is 3.08. The number of amides is 1. The van der Waals surface area contributed by atoms with Crippen LogP contribution in [0.4, 0.5) is 10.5 Å². The summed E-state index contributed by atoms with van der Waals surface area (Å²) in [5.41, 5.74) is 5.89. The maximum Gasteiger partial charge on any atom is 0.414 e. The van der Waals surface area contributed by atoms with Gasteiger partial charge in [-0.1, -0.05) is 30.3 Å². The molecule has 1 aliphatic carbocycles. The first-order valence-electron chi connectivity index (χ1n) is 9.56. The summed E-state index contributed by atoms with van der Waals surface area (Å²) < 4.78 is 7.54. The Kier molecular flexibility index (Phi) is 4.46. The number of allylic oxidation sites excluding steroid dienone is 1. The number of imidazole rings is 1. The molecule has 0 bridgehead atoms. The first-order chi connectivity index (χ1) is 13.3. The number of aryl methyl sites for hydroxylation is 1. The molecule has 0 N–H and O–H groups in total. The highest BCUT2D eigenvalue weighted by Gasteiger charge is 2.22. The second-order valence-electron chi connectivity index (χ2n) is 8.11. The fraction of sp³-hybridized carbons (Fsp3) is 0.304. The van der Waals surface area contributed by atoms with Crippen LogP contribution in [0.5, 0.6) is 0 Å². The van der Waals surface area contributed by atoms with Crippen molar-refractivity contribution in [3.05, 3.63) is 71.7 Å². The van der Waals surface area contributed by atoms with Crippen LogP contribution in [-0.4, -0.2) is 28.1 Å². The molecule has 2 heterocycles. The number of carbonyl (C=O) groups excluding carboxylic acids is 1. The number of hydrogen-bond acceptors (Lipinski definition) is 3. The highest BCUT2D eigenvalue weighted by molar-refractivity contribution is 5.88. The Morgan fingerprint density at radius 1 is 1.18 bits per heavy atom. The number of rotatable bonds is 2. The second kappa shape index (κ2) is 6.82. The number of pyridine rings is 1. The first-order valence-corrected chi connectivity index (χ1v) is 9.56. The molecule has 0 saturated heterocycles. The molecule has 1 aliphatic rings. The summed E-state index contributed by atoms with van der Waals surface area (Å²) in [5, 5.41) is 0. The lowest BCUT2D eigenvalue weighted by molar-refractivity contribution is 0.0589. The van der Waals surface area contributed by atoms with Gasteiger partial charge in [0.25, 0.3) is 0 Å². The SMILES string of the molecule is CN(C(=O)OC(C)(C)C)c1ccc2ncc(C3=CCCc4ccccc43)n2c1. The third-order valence-electron chi connectivity index (χ3n) is 4.89. The van der Waals surface area contributed by atoms with Crippen molar-refractivity contribution in [3.8, 4) is 0 Å². The average molecular weight is 375 g/mol. The normalized spacial score (nSPS) is 13.8. The number of nitrogens with zero attached hydrogens (tertiary/aromatic N) is 3. The van der Waals surface area contributed by atoms with Crippen LogP contribution in [0, 0.1) is 0 Å². The van der Waals surface area contributed by atoms with E-state index in [9.17, 15) is 4.79 Å². The molecule has 3 aromatic rings. The second-order valence-corrected chi connectivity index (χ2v) is 8.11. The molecule has 28 heavy (non-hydrogen) atoms. The van der Waals surface area contributed by atoms with Gasteiger partial charge >= 0.3 is 6.09 Å². The summed E-state index contributed by atoms with van der Waals surface area (Å²) in [7, 11) is 1.72. The van der Waals surface area contributed by atoms with Crippen LogP contribution < -0.4 is 4.90 Å². The Morgan fingerprint density at radius 3 is 2.75 bits per heavy atom. The third-order valence-corrected chi connectivity index (χ3v) is 4.89. The molecule has 5 heteroatoms. The summed E-state index contributed by atoms with van der Waals surface area (Å²) in [6, 6.07) is 12.3. The van der Waals surface area contributed by atoms with Crippen molar-refractivity contribution in [3.63, 3.8) is 0 Å². The minimum Gasteiger partial charge on any atom is -0.443 e. The lowest BCUT2D eigenvalue weighted by Gasteiger charge is -2.25. The number of ether oxygens (including phenoxy) is 1.